The summed E-state index contributed by atoms with van der Waals surface area (Å²) in [5, 5.41) is 0. The highest BCUT2D eigenvalue weighted by Crippen LogP contribution is 2.02. The maximum Gasteiger partial charge on any atom is 0.237 e. The van der Waals surface area contributed by atoms with Crippen LogP contribution in [0.25, 0.3) is 6.08 Å². The van der Waals surface area contributed by atoms with Gasteiger partial charge in [-0.05, 0) is 25.1 Å². The lowest BCUT2D eigenvalue weighted by molar-refractivity contribution is -0.113. The fraction of sp³-hybridized carbons (Fsp3) is 0.100. The second kappa shape index (κ2) is 4.30. The fourth-order valence-electron chi connectivity index (χ4n) is 0.812. The molecule has 0 bridgehead atoms. The first kappa shape index (κ1) is 9.32. The van der Waals surface area contributed by atoms with Crippen LogP contribution >= 0.6 is 0 Å². The van der Waals surface area contributed by atoms with Crippen molar-refractivity contribution < 1.29 is 9.59 Å². The molecular formula is C10H8NO2. The number of hydrogen-bond donors (Lipinski definition) is 0. The zero-order valence-electron chi connectivity index (χ0n) is 7.15. The van der Waals surface area contributed by atoms with Gasteiger partial charge in [-0.2, -0.15) is 0 Å². The molecule has 13 heavy (non-hydrogen) atoms. The Morgan fingerprint density at radius 2 is 2.31 bits per heavy atom. The van der Waals surface area contributed by atoms with Gasteiger partial charge in [0.15, 0.2) is 5.78 Å². The molecule has 0 spiro atoms. The zero-order valence-corrected chi connectivity index (χ0v) is 7.15. The fourth-order valence-corrected chi connectivity index (χ4v) is 0.812. The average molecular weight is 174 g/mol. The van der Waals surface area contributed by atoms with E-state index >= 15 is 0 Å². The summed E-state index contributed by atoms with van der Waals surface area (Å²) in [5.74, 6) is -0.305. The first-order valence-electron chi connectivity index (χ1n) is 3.76. The molecule has 1 radical (unpaired) electrons. The Bertz CT molecular complexity index is 341. The number of nitrogens with zero attached hydrogens (tertiary/aromatic N) is 1. The quantitative estimate of drug-likeness (QED) is 0.392. The van der Waals surface area contributed by atoms with Gasteiger partial charge in [-0.1, -0.05) is 6.07 Å². The summed E-state index contributed by atoms with van der Waals surface area (Å²) in [4.78, 5) is 25.1. The van der Waals surface area contributed by atoms with Crippen LogP contribution in [0.1, 0.15) is 12.6 Å². The number of ketones is 1. The number of aromatic nitrogens is 1. The summed E-state index contributed by atoms with van der Waals surface area (Å²) in [5.41, 5.74) is 0.592. The van der Waals surface area contributed by atoms with Crippen molar-refractivity contribution in [2.45, 2.75) is 6.92 Å². The minimum absolute atomic E-state index is 0.0127. The normalized spacial score (nSPS) is 11.0. The van der Waals surface area contributed by atoms with E-state index < -0.39 is 0 Å². The molecule has 65 valence electrons. The highest BCUT2D eigenvalue weighted by Gasteiger charge is 2.02. The number of carbonyl (C=O) groups excluding carboxylic acids is 2. The lowest BCUT2D eigenvalue weighted by Crippen LogP contribution is -1.97. The van der Waals surface area contributed by atoms with Crippen LogP contribution in [0.15, 0.2) is 30.0 Å². The molecule has 1 aromatic heterocycles. The average Bonchev–Trinajstić information content (AvgIpc) is 2.15. The van der Waals surface area contributed by atoms with Crippen LogP contribution in [0.3, 0.4) is 0 Å². The lowest BCUT2D eigenvalue weighted by atomic mass is 10.1. The molecule has 0 atom stereocenters. The molecule has 0 saturated heterocycles. The summed E-state index contributed by atoms with van der Waals surface area (Å²) < 4.78 is 0. The van der Waals surface area contributed by atoms with Crippen LogP contribution in [0.4, 0.5) is 0 Å². The topological polar surface area (TPSA) is 47.0 Å². The van der Waals surface area contributed by atoms with Crippen molar-refractivity contribution in [1.29, 1.82) is 0 Å². The van der Waals surface area contributed by atoms with Crippen LogP contribution in [-0.4, -0.2) is 17.1 Å². The van der Waals surface area contributed by atoms with Gasteiger partial charge in [0.05, 0.1) is 11.3 Å². The SMILES string of the molecule is CC(=O)/C([C]=O)=C/c1ccccn1. The second-order valence-electron chi connectivity index (χ2n) is 2.47. The van der Waals surface area contributed by atoms with Crippen molar-refractivity contribution in [3.63, 3.8) is 0 Å². The molecule has 1 rings (SSSR count). The number of hydrogen-bond acceptors (Lipinski definition) is 3. The zero-order chi connectivity index (χ0) is 9.68. The predicted octanol–water partition coefficient (Wildman–Crippen LogP) is 1.16. The minimum Gasteiger partial charge on any atom is -0.294 e. The van der Waals surface area contributed by atoms with Crippen molar-refractivity contribution in [1.82, 2.24) is 4.98 Å². The predicted molar refractivity (Wildman–Crippen MR) is 48.6 cm³/mol. The number of carbonyl (C=O) groups is 1. The molecule has 0 aliphatic rings. The molecule has 1 aromatic rings. The molecule has 0 saturated carbocycles. The van der Waals surface area contributed by atoms with Gasteiger partial charge in [0, 0.05) is 6.20 Å². The van der Waals surface area contributed by atoms with E-state index in [9.17, 15) is 9.59 Å². The number of rotatable bonds is 3. The number of pyridine rings is 1. The van der Waals surface area contributed by atoms with Gasteiger partial charge in [0.1, 0.15) is 0 Å². The van der Waals surface area contributed by atoms with E-state index in [-0.39, 0.29) is 11.4 Å². The largest absolute Gasteiger partial charge is 0.294 e. The molecule has 0 aliphatic heterocycles. The Morgan fingerprint density at radius 1 is 1.54 bits per heavy atom. The van der Waals surface area contributed by atoms with Gasteiger partial charge in [0.25, 0.3) is 0 Å². The Balaban J connectivity index is 2.98. The third kappa shape index (κ3) is 2.63. The number of allylic oxidation sites excluding steroid dienone is 1. The smallest absolute Gasteiger partial charge is 0.237 e. The van der Waals surface area contributed by atoms with Crippen molar-refractivity contribution in [2.75, 3.05) is 0 Å². The summed E-state index contributed by atoms with van der Waals surface area (Å²) in [6, 6.07) is 5.25. The van der Waals surface area contributed by atoms with Gasteiger partial charge in [-0.15, -0.1) is 0 Å². The van der Waals surface area contributed by atoms with Crippen molar-refractivity contribution in [3.8, 4) is 0 Å². The first-order valence-corrected chi connectivity index (χ1v) is 3.76. The van der Waals surface area contributed by atoms with E-state index in [1.807, 2.05) is 0 Å². The van der Waals surface area contributed by atoms with E-state index in [4.69, 9.17) is 0 Å². The maximum atomic E-state index is 10.8. The van der Waals surface area contributed by atoms with Gasteiger partial charge < -0.3 is 0 Å². The molecular weight excluding hydrogens is 166 g/mol. The summed E-state index contributed by atoms with van der Waals surface area (Å²) in [7, 11) is 0. The maximum absolute atomic E-state index is 10.8. The Morgan fingerprint density at radius 3 is 2.77 bits per heavy atom. The van der Waals surface area contributed by atoms with Crippen LogP contribution in [0.5, 0.6) is 0 Å². The molecule has 3 nitrogen and oxygen atoms in total. The van der Waals surface area contributed by atoms with E-state index in [1.54, 1.807) is 30.7 Å². The Labute approximate surface area is 76.1 Å². The van der Waals surface area contributed by atoms with Gasteiger partial charge in [0.2, 0.25) is 6.29 Å². The van der Waals surface area contributed by atoms with Crippen LogP contribution in [-0.2, 0) is 9.59 Å². The van der Waals surface area contributed by atoms with Gasteiger partial charge in [-0.25, -0.2) is 0 Å². The van der Waals surface area contributed by atoms with Crippen molar-refractivity contribution >= 4 is 18.1 Å². The molecule has 0 aromatic carbocycles. The second-order valence-corrected chi connectivity index (χ2v) is 2.47. The number of Topliss-reactive ketones (excluding diaryl/α,β-unsaturated/α-hetero) is 1. The van der Waals surface area contributed by atoms with Crippen LogP contribution in [0, 0.1) is 0 Å². The van der Waals surface area contributed by atoms with E-state index in [1.165, 1.54) is 13.0 Å². The van der Waals surface area contributed by atoms with Gasteiger partial charge in [-0.3, -0.25) is 14.6 Å². The van der Waals surface area contributed by atoms with Gasteiger partial charge >= 0.3 is 0 Å². The monoisotopic (exact) mass is 174 g/mol. The molecule has 0 N–H and O–H groups in total. The standard InChI is InChI=1S/C10H8NO2/c1-8(13)9(7-12)6-10-4-2-3-5-11-10/h2-6H,1H3/b9-6+. The van der Waals surface area contributed by atoms with Crippen molar-refractivity contribution in [3.05, 3.63) is 35.7 Å². The van der Waals surface area contributed by atoms with E-state index in [0.29, 0.717) is 5.69 Å². The Hall–Kier alpha value is -1.77. The Kier molecular flexibility index (Phi) is 3.09. The molecule has 0 unspecified atom stereocenters. The first-order chi connectivity index (χ1) is 6.24. The minimum atomic E-state index is -0.305. The summed E-state index contributed by atoms with van der Waals surface area (Å²) in [6.45, 7) is 1.32. The third-order valence-electron chi connectivity index (χ3n) is 1.47. The molecule has 0 amide bonds. The molecule has 1 heterocycles. The van der Waals surface area contributed by atoms with Crippen LogP contribution in [0.2, 0.25) is 0 Å². The lowest BCUT2D eigenvalue weighted by Gasteiger charge is -1.92. The third-order valence-corrected chi connectivity index (χ3v) is 1.47. The van der Waals surface area contributed by atoms with E-state index in [2.05, 4.69) is 4.98 Å². The summed E-state index contributed by atoms with van der Waals surface area (Å²) in [6.07, 6.45) is 4.58. The van der Waals surface area contributed by atoms with Crippen molar-refractivity contribution in [2.24, 2.45) is 0 Å². The highest BCUT2D eigenvalue weighted by atomic mass is 16.1. The summed E-state index contributed by atoms with van der Waals surface area (Å²) >= 11 is 0. The molecule has 0 aliphatic carbocycles. The van der Waals surface area contributed by atoms with E-state index in [0.717, 1.165) is 0 Å². The van der Waals surface area contributed by atoms with Crippen LogP contribution < -0.4 is 0 Å². The molecule has 3 heteroatoms. The highest BCUT2D eigenvalue weighted by molar-refractivity contribution is 6.14. The molecule has 0 fully saturated rings.